The molecule has 7 heteroatoms. The number of phenols is 1. The Morgan fingerprint density at radius 1 is 1.32 bits per heavy atom. The first-order valence-electron chi connectivity index (χ1n) is 5.58. The topological polar surface area (TPSA) is 86.6 Å². The number of hydrogen-bond donors (Lipinski definition) is 3. The van der Waals surface area contributed by atoms with Crippen LogP contribution in [0.3, 0.4) is 0 Å². The summed E-state index contributed by atoms with van der Waals surface area (Å²) in [6.45, 7) is 1.84. The van der Waals surface area contributed by atoms with Crippen LogP contribution in [0.4, 0.5) is 0 Å². The zero-order chi connectivity index (χ0) is 14.6. The highest BCUT2D eigenvalue weighted by Gasteiger charge is 2.20. The van der Waals surface area contributed by atoms with Crippen LogP contribution in [-0.2, 0) is 4.79 Å². The van der Waals surface area contributed by atoms with Gasteiger partial charge < -0.3 is 15.5 Å². The molecular weight excluding hydrogens is 382 g/mol. The first-order valence-corrected chi connectivity index (χ1v) is 7.17. The van der Waals surface area contributed by atoms with Gasteiger partial charge in [0.05, 0.1) is 8.95 Å². The van der Waals surface area contributed by atoms with Crippen molar-refractivity contribution in [2.75, 3.05) is 0 Å². The highest BCUT2D eigenvalue weighted by atomic mass is 79.9. The van der Waals surface area contributed by atoms with Crippen molar-refractivity contribution in [3.63, 3.8) is 0 Å². The van der Waals surface area contributed by atoms with Crippen molar-refractivity contribution in [3.05, 3.63) is 26.6 Å². The number of carboxylic acid groups (broad SMARTS) is 1. The van der Waals surface area contributed by atoms with Gasteiger partial charge in [0.2, 0.25) is 0 Å². The number of carbonyl (C=O) groups excluding carboxylic acids is 1. The van der Waals surface area contributed by atoms with Gasteiger partial charge in [-0.1, -0.05) is 13.3 Å². The fourth-order valence-electron chi connectivity index (χ4n) is 1.48. The predicted molar refractivity (Wildman–Crippen MR) is 77.3 cm³/mol. The maximum atomic E-state index is 12.0. The van der Waals surface area contributed by atoms with Gasteiger partial charge in [-0.15, -0.1) is 0 Å². The third kappa shape index (κ3) is 4.21. The summed E-state index contributed by atoms with van der Waals surface area (Å²) in [6.07, 6.45) is 1.02. The summed E-state index contributed by atoms with van der Waals surface area (Å²) in [5.41, 5.74) is 0.263. The monoisotopic (exact) mass is 393 g/mol. The second-order valence-electron chi connectivity index (χ2n) is 3.94. The van der Waals surface area contributed by atoms with E-state index in [1.807, 2.05) is 6.92 Å². The third-order valence-electron chi connectivity index (χ3n) is 2.46. The van der Waals surface area contributed by atoms with Crippen LogP contribution in [0.25, 0.3) is 0 Å². The summed E-state index contributed by atoms with van der Waals surface area (Å²) in [4.78, 5) is 22.9. The van der Waals surface area contributed by atoms with Gasteiger partial charge >= 0.3 is 5.97 Å². The van der Waals surface area contributed by atoms with Crippen molar-refractivity contribution in [3.8, 4) is 5.75 Å². The predicted octanol–water partition coefficient (Wildman–Crippen LogP) is 2.90. The molecule has 1 aromatic carbocycles. The van der Waals surface area contributed by atoms with Gasteiger partial charge in [0.1, 0.15) is 11.8 Å². The van der Waals surface area contributed by atoms with Crippen LogP contribution >= 0.6 is 31.9 Å². The number of phenolic OH excluding ortho intramolecular Hbond substituents is 1. The zero-order valence-electron chi connectivity index (χ0n) is 10.1. The van der Waals surface area contributed by atoms with E-state index in [9.17, 15) is 14.7 Å². The lowest BCUT2D eigenvalue weighted by Gasteiger charge is -2.14. The molecule has 0 aliphatic rings. The second-order valence-corrected chi connectivity index (χ2v) is 5.65. The quantitative estimate of drug-likeness (QED) is 0.716. The summed E-state index contributed by atoms with van der Waals surface area (Å²) >= 11 is 6.23. The summed E-state index contributed by atoms with van der Waals surface area (Å²) in [5.74, 6) is -1.57. The maximum absolute atomic E-state index is 12.0. The molecule has 0 bridgehead atoms. The van der Waals surface area contributed by atoms with Gasteiger partial charge in [-0.3, -0.25) is 4.79 Å². The average molecular weight is 395 g/mol. The highest BCUT2D eigenvalue weighted by molar-refractivity contribution is 9.11. The Balaban J connectivity index is 2.91. The van der Waals surface area contributed by atoms with Crippen molar-refractivity contribution in [2.24, 2.45) is 0 Å². The van der Waals surface area contributed by atoms with Gasteiger partial charge in [0, 0.05) is 5.56 Å². The maximum Gasteiger partial charge on any atom is 0.326 e. The van der Waals surface area contributed by atoms with Crippen molar-refractivity contribution < 1.29 is 19.8 Å². The smallest absolute Gasteiger partial charge is 0.326 e. The van der Waals surface area contributed by atoms with Gasteiger partial charge in [0.15, 0.2) is 0 Å². The van der Waals surface area contributed by atoms with Gasteiger partial charge in [-0.25, -0.2) is 4.79 Å². The van der Waals surface area contributed by atoms with Crippen LogP contribution in [-0.4, -0.2) is 28.1 Å². The SMILES string of the molecule is CCCC(NC(=O)c1cc(Br)c(O)c(Br)c1)C(=O)O. The first kappa shape index (κ1) is 16.0. The van der Waals surface area contributed by atoms with Crippen molar-refractivity contribution in [1.29, 1.82) is 0 Å². The summed E-state index contributed by atoms with van der Waals surface area (Å²) in [5, 5.41) is 21.0. The number of halogens is 2. The molecule has 0 saturated carbocycles. The Hall–Kier alpha value is -1.08. The molecule has 3 N–H and O–H groups in total. The molecule has 0 radical (unpaired) electrons. The molecule has 1 amide bonds. The minimum Gasteiger partial charge on any atom is -0.506 e. The molecule has 104 valence electrons. The molecule has 1 atom stereocenters. The number of aromatic hydroxyl groups is 1. The lowest BCUT2D eigenvalue weighted by Crippen LogP contribution is -2.40. The molecule has 0 saturated heterocycles. The van der Waals surface area contributed by atoms with E-state index in [0.717, 1.165) is 0 Å². The molecule has 0 fully saturated rings. The van der Waals surface area contributed by atoms with E-state index in [1.54, 1.807) is 0 Å². The Bertz CT molecular complexity index is 481. The van der Waals surface area contributed by atoms with Gasteiger partial charge in [0.25, 0.3) is 5.91 Å². The molecule has 1 rings (SSSR count). The van der Waals surface area contributed by atoms with Crippen molar-refractivity contribution >= 4 is 43.7 Å². The summed E-state index contributed by atoms with van der Waals surface area (Å²) in [7, 11) is 0. The molecular formula is C12H13Br2NO4. The van der Waals surface area contributed by atoms with Crippen molar-refractivity contribution in [1.82, 2.24) is 5.32 Å². The number of nitrogens with one attached hydrogen (secondary N) is 1. The third-order valence-corrected chi connectivity index (χ3v) is 3.67. The van der Waals surface area contributed by atoms with E-state index < -0.39 is 17.9 Å². The molecule has 5 nitrogen and oxygen atoms in total. The fraction of sp³-hybridized carbons (Fsp3) is 0.333. The Kier molecular flexibility index (Phi) is 5.81. The van der Waals surface area contributed by atoms with E-state index in [-0.39, 0.29) is 11.3 Å². The molecule has 1 unspecified atom stereocenters. The lowest BCUT2D eigenvalue weighted by atomic mass is 10.1. The Morgan fingerprint density at radius 2 is 1.84 bits per heavy atom. The summed E-state index contributed by atoms with van der Waals surface area (Å²) in [6, 6.07) is 1.95. The molecule has 0 heterocycles. The fourth-order valence-corrected chi connectivity index (χ4v) is 2.67. The normalized spacial score (nSPS) is 11.9. The van der Waals surface area contributed by atoms with Gasteiger partial charge in [-0.2, -0.15) is 0 Å². The Morgan fingerprint density at radius 3 is 2.26 bits per heavy atom. The molecule has 19 heavy (non-hydrogen) atoms. The van der Waals surface area contributed by atoms with Crippen LogP contribution in [0.1, 0.15) is 30.1 Å². The molecule has 0 aliphatic heterocycles. The molecule has 1 aromatic rings. The van der Waals surface area contributed by atoms with E-state index in [4.69, 9.17) is 5.11 Å². The number of aliphatic carboxylic acids is 1. The van der Waals surface area contributed by atoms with Crippen LogP contribution in [0.2, 0.25) is 0 Å². The van der Waals surface area contributed by atoms with Crippen LogP contribution in [0.15, 0.2) is 21.1 Å². The lowest BCUT2D eigenvalue weighted by molar-refractivity contribution is -0.139. The van der Waals surface area contributed by atoms with E-state index >= 15 is 0 Å². The largest absolute Gasteiger partial charge is 0.506 e. The minimum atomic E-state index is -1.06. The molecule has 0 aliphatic carbocycles. The van der Waals surface area contributed by atoms with E-state index in [0.29, 0.717) is 21.8 Å². The summed E-state index contributed by atoms with van der Waals surface area (Å²) < 4.78 is 0.712. The van der Waals surface area contributed by atoms with E-state index in [2.05, 4.69) is 37.2 Å². The molecule has 0 aromatic heterocycles. The van der Waals surface area contributed by atoms with Crippen LogP contribution in [0.5, 0.6) is 5.75 Å². The van der Waals surface area contributed by atoms with Crippen molar-refractivity contribution in [2.45, 2.75) is 25.8 Å². The number of carboxylic acids is 1. The first-order chi connectivity index (χ1) is 8.86. The van der Waals surface area contributed by atoms with E-state index in [1.165, 1.54) is 12.1 Å². The minimum absolute atomic E-state index is 0.0140. The number of amides is 1. The number of hydrogen-bond acceptors (Lipinski definition) is 3. The van der Waals surface area contributed by atoms with Gasteiger partial charge in [-0.05, 0) is 50.4 Å². The standard InChI is InChI=1S/C12H13Br2NO4/c1-2-3-9(12(18)19)15-11(17)6-4-7(13)10(16)8(14)5-6/h4-5,9,16H,2-3H2,1H3,(H,15,17)(H,18,19). The molecule has 0 spiro atoms. The number of carbonyl (C=O) groups is 2. The number of benzene rings is 1. The highest BCUT2D eigenvalue weighted by Crippen LogP contribution is 2.33. The average Bonchev–Trinajstić information content (AvgIpc) is 2.34. The zero-order valence-corrected chi connectivity index (χ0v) is 13.3. The second kappa shape index (κ2) is 6.91. The van der Waals surface area contributed by atoms with Crippen LogP contribution in [0, 0.1) is 0 Å². The Labute approximate surface area is 127 Å². The number of rotatable bonds is 5. The van der Waals surface area contributed by atoms with Crippen LogP contribution < -0.4 is 5.32 Å².